The van der Waals surface area contributed by atoms with Gasteiger partial charge in [0, 0.05) is 33.7 Å². The highest BCUT2D eigenvalue weighted by Gasteiger charge is 2.60. The van der Waals surface area contributed by atoms with Crippen LogP contribution in [0.25, 0.3) is 0 Å². The molecule has 1 aliphatic carbocycles. The van der Waals surface area contributed by atoms with Crippen molar-refractivity contribution in [2.75, 3.05) is 0 Å². The van der Waals surface area contributed by atoms with Gasteiger partial charge in [-0.2, -0.15) is 13.2 Å². The summed E-state index contributed by atoms with van der Waals surface area (Å²) in [7, 11) is 0. The van der Waals surface area contributed by atoms with Crippen LogP contribution in [0.3, 0.4) is 0 Å². The third-order valence-corrected chi connectivity index (χ3v) is 8.25. The number of halogens is 5. The van der Waals surface area contributed by atoms with Crippen molar-refractivity contribution in [2.24, 2.45) is 5.92 Å². The van der Waals surface area contributed by atoms with Gasteiger partial charge in [-0.15, -0.1) is 11.8 Å². The molecule has 0 bridgehead atoms. The van der Waals surface area contributed by atoms with Gasteiger partial charge in [0.25, 0.3) is 0 Å². The Morgan fingerprint density at radius 1 is 1.05 bits per heavy atom. The molecule has 3 rings (SSSR count). The van der Waals surface area contributed by atoms with Gasteiger partial charge in [0.2, 0.25) is 0 Å². The van der Waals surface area contributed by atoms with Gasteiger partial charge in [-0.3, -0.25) is 4.79 Å². The first-order valence-corrected chi connectivity index (χ1v) is 13.7. The zero-order valence-electron chi connectivity index (χ0n) is 21.5. The summed E-state index contributed by atoms with van der Waals surface area (Å²) >= 11 is 13.0. The molecule has 0 N–H and O–H groups in total. The van der Waals surface area contributed by atoms with E-state index < -0.39 is 40.6 Å². The average molecular weight is 586 g/mol. The van der Waals surface area contributed by atoms with Gasteiger partial charge in [-0.25, -0.2) is 4.79 Å². The Bertz CT molecular complexity index is 1250. The summed E-state index contributed by atoms with van der Waals surface area (Å²) in [5, 5.41) is 0.298. The van der Waals surface area contributed by atoms with E-state index in [0.717, 1.165) is 0 Å². The Hall–Kier alpha value is -2.22. The lowest BCUT2D eigenvalue weighted by molar-refractivity contribution is -0.167. The molecule has 2 aromatic carbocycles. The van der Waals surface area contributed by atoms with E-state index in [1.165, 1.54) is 30.4 Å². The molecule has 0 saturated heterocycles. The number of benzene rings is 2. The van der Waals surface area contributed by atoms with Crippen LogP contribution in [0.15, 0.2) is 70.7 Å². The van der Waals surface area contributed by atoms with Crippen molar-refractivity contribution in [1.29, 1.82) is 0 Å². The lowest BCUT2D eigenvalue weighted by Crippen LogP contribution is -2.50. The number of rotatable bonds is 8. The highest BCUT2D eigenvalue weighted by Crippen LogP contribution is 2.54. The molecule has 0 fully saturated rings. The van der Waals surface area contributed by atoms with Crippen LogP contribution in [-0.2, 0) is 10.5 Å². The number of aryl methyl sites for hydroxylation is 1. The van der Waals surface area contributed by atoms with Crippen LogP contribution < -0.4 is 0 Å². The van der Waals surface area contributed by atoms with E-state index in [4.69, 9.17) is 27.9 Å². The van der Waals surface area contributed by atoms with E-state index in [-0.39, 0.29) is 33.4 Å². The smallest absolute Gasteiger partial charge is 0.404 e. The van der Waals surface area contributed by atoms with Crippen molar-refractivity contribution < 1.29 is 27.5 Å². The van der Waals surface area contributed by atoms with Gasteiger partial charge >= 0.3 is 12.1 Å². The number of esters is 1. The Balaban J connectivity index is 1.99. The summed E-state index contributed by atoms with van der Waals surface area (Å²) < 4.78 is 48.0. The molecule has 0 aliphatic heterocycles. The number of Topliss-reactive ketones (excluding diaryl/α,β-unsaturated/α-hetero) is 1. The number of carbonyl (C=O) groups excluding carboxylic acids is 2. The van der Waals surface area contributed by atoms with Crippen molar-refractivity contribution in [3.63, 3.8) is 0 Å². The first kappa shape index (κ1) is 30.3. The molecule has 0 amide bonds. The number of ketones is 1. The number of hydrogen-bond acceptors (Lipinski definition) is 4. The lowest BCUT2D eigenvalue weighted by Gasteiger charge is -2.41. The van der Waals surface area contributed by atoms with Gasteiger partial charge in [-0.1, -0.05) is 65.7 Å². The lowest BCUT2D eigenvalue weighted by atomic mass is 9.81. The molecular formula is C29H29Cl2F3O3S. The molecular weight excluding hydrogens is 556 g/mol. The molecule has 38 heavy (non-hydrogen) atoms. The zero-order valence-corrected chi connectivity index (χ0v) is 23.8. The van der Waals surface area contributed by atoms with Gasteiger partial charge in [-0.05, 0) is 63.5 Å². The van der Waals surface area contributed by atoms with Crippen LogP contribution in [0.2, 0.25) is 0 Å². The quantitative estimate of drug-likeness (QED) is 0.229. The molecule has 204 valence electrons. The monoisotopic (exact) mass is 584 g/mol. The number of carbonyl (C=O) groups is 2. The Kier molecular flexibility index (Phi) is 9.49. The fourth-order valence-electron chi connectivity index (χ4n) is 4.22. The van der Waals surface area contributed by atoms with Gasteiger partial charge < -0.3 is 4.74 Å². The summed E-state index contributed by atoms with van der Waals surface area (Å²) in [6.45, 7) is 6.81. The summed E-state index contributed by atoms with van der Waals surface area (Å²) in [4.78, 5) is 26.0. The number of ether oxygens (including phenoxy) is 1. The second-order valence-electron chi connectivity index (χ2n) is 10.2. The Labute approximate surface area is 235 Å². The van der Waals surface area contributed by atoms with Gasteiger partial charge in [0.15, 0.2) is 5.78 Å². The summed E-state index contributed by atoms with van der Waals surface area (Å²) in [5.74, 6) is -2.39. The summed E-state index contributed by atoms with van der Waals surface area (Å²) in [5.41, 5.74) is 0.743. The molecule has 0 saturated carbocycles. The molecule has 0 spiro atoms. The van der Waals surface area contributed by atoms with E-state index in [2.05, 4.69) is 0 Å². The molecule has 0 radical (unpaired) electrons. The molecule has 9 heteroatoms. The Morgan fingerprint density at radius 3 is 2.26 bits per heavy atom. The maximum atomic E-state index is 15.0. The van der Waals surface area contributed by atoms with E-state index in [1.807, 2.05) is 0 Å². The van der Waals surface area contributed by atoms with Crippen molar-refractivity contribution >= 4 is 46.7 Å². The molecule has 2 aromatic rings. The fourth-order valence-corrected chi connectivity index (χ4v) is 6.23. The normalized spacial score (nSPS) is 17.8. The fraction of sp³-hybridized carbons (Fsp3) is 0.379. The van der Waals surface area contributed by atoms with Crippen LogP contribution in [0.4, 0.5) is 13.2 Å². The topological polar surface area (TPSA) is 43.4 Å². The van der Waals surface area contributed by atoms with Crippen molar-refractivity contribution in [3.8, 4) is 0 Å². The minimum atomic E-state index is -4.76. The molecule has 3 nitrogen and oxygen atoms in total. The highest BCUT2D eigenvalue weighted by atomic mass is 35.5. The maximum Gasteiger partial charge on any atom is 0.404 e. The first-order valence-electron chi connectivity index (χ1n) is 12.0. The molecule has 1 aliphatic rings. The van der Waals surface area contributed by atoms with Crippen LogP contribution in [0.1, 0.15) is 65.5 Å². The first-order chi connectivity index (χ1) is 17.6. The second-order valence-corrected chi connectivity index (χ2v) is 12.5. The van der Waals surface area contributed by atoms with E-state index in [0.29, 0.717) is 22.9 Å². The zero-order chi connectivity index (χ0) is 28.3. The van der Waals surface area contributed by atoms with E-state index >= 15 is 13.2 Å². The SMILES string of the molecule is Cc1cc(C(=O)CC(SCc2ccccc2)(C2C=C(Cl)C=C(Cl)C2)C(F)(F)F)ccc1C(=O)OC(C)(C)C. The summed E-state index contributed by atoms with van der Waals surface area (Å²) in [6, 6.07) is 13.0. The van der Waals surface area contributed by atoms with Crippen LogP contribution in [0.5, 0.6) is 0 Å². The molecule has 0 aromatic heterocycles. The minimum Gasteiger partial charge on any atom is -0.456 e. The highest BCUT2D eigenvalue weighted by molar-refractivity contribution is 8.00. The van der Waals surface area contributed by atoms with E-state index in [9.17, 15) is 9.59 Å². The van der Waals surface area contributed by atoms with E-state index in [1.54, 1.807) is 58.0 Å². The van der Waals surface area contributed by atoms with Crippen LogP contribution in [-0.4, -0.2) is 28.3 Å². The standard InChI is InChI=1S/C29H29Cl2F3O3S/c1-18-12-20(10-11-24(18)26(36)37-27(2,3)4)25(35)16-28(29(32,33)34,21-13-22(30)15-23(31)14-21)38-17-19-8-6-5-7-9-19/h5-13,15,21H,14,16-17H2,1-4H3. The third-order valence-electron chi connectivity index (χ3n) is 6.08. The maximum absolute atomic E-state index is 15.0. The largest absolute Gasteiger partial charge is 0.456 e. The third kappa shape index (κ3) is 7.45. The van der Waals surface area contributed by atoms with Crippen LogP contribution >= 0.6 is 35.0 Å². The average Bonchev–Trinajstić information content (AvgIpc) is 2.79. The predicted molar refractivity (Wildman–Crippen MR) is 148 cm³/mol. The van der Waals surface area contributed by atoms with Gasteiger partial charge in [0.1, 0.15) is 10.3 Å². The number of hydrogen-bond donors (Lipinski definition) is 0. The number of alkyl halides is 3. The Morgan fingerprint density at radius 2 is 1.71 bits per heavy atom. The number of allylic oxidation sites excluding steroid dienone is 4. The minimum absolute atomic E-state index is 0.0352. The van der Waals surface area contributed by atoms with Crippen molar-refractivity contribution in [3.05, 3.63) is 93.0 Å². The molecule has 2 atom stereocenters. The van der Waals surface area contributed by atoms with Crippen molar-refractivity contribution in [1.82, 2.24) is 0 Å². The predicted octanol–water partition coefficient (Wildman–Crippen LogP) is 9.02. The molecule has 2 unspecified atom stereocenters. The summed E-state index contributed by atoms with van der Waals surface area (Å²) in [6.07, 6.45) is -2.93. The molecule has 0 heterocycles. The van der Waals surface area contributed by atoms with Crippen molar-refractivity contribution in [2.45, 2.75) is 62.8 Å². The second kappa shape index (κ2) is 11.9. The number of thioether (sulfide) groups is 1. The van der Waals surface area contributed by atoms with Gasteiger partial charge in [0.05, 0.1) is 5.56 Å². The van der Waals surface area contributed by atoms with Crippen LogP contribution in [0, 0.1) is 12.8 Å².